The van der Waals surface area contributed by atoms with Gasteiger partial charge in [0.05, 0.1) is 54.0 Å². The third kappa shape index (κ3) is 14.6. The Morgan fingerprint density at radius 3 is 1.73 bits per heavy atom. The average molecular weight is 1370 g/mol. The number of rotatable bonds is 17. The predicted octanol–water partition coefficient (Wildman–Crippen LogP) is 16.2. The van der Waals surface area contributed by atoms with Crippen LogP contribution in [0.1, 0.15) is 113 Å². The monoisotopic (exact) mass is 1370 g/mol. The van der Waals surface area contributed by atoms with Crippen LogP contribution in [0.3, 0.4) is 0 Å². The van der Waals surface area contributed by atoms with Crippen molar-refractivity contribution in [3.8, 4) is 62.1 Å². The lowest BCUT2D eigenvalue weighted by molar-refractivity contribution is -0.123. The summed E-state index contributed by atoms with van der Waals surface area (Å²) in [6.45, 7) is 6.71. The number of sulfonamides is 1. The summed E-state index contributed by atoms with van der Waals surface area (Å²) < 4.78 is 66.7. The van der Waals surface area contributed by atoms with Gasteiger partial charge in [-0.1, -0.05) is 110 Å². The molecule has 3 amide bonds. The highest BCUT2D eigenvalue weighted by atomic mass is 32.2. The molecule has 100 heavy (non-hydrogen) atoms. The first-order valence-corrected chi connectivity index (χ1v) is 35.7. The van der Waals surface area contributed by atoms with Crippen LogP contribution in [0.4, 0.5) is 27.1 Å². The molecule has 3 heterocycles. The van der Waals surface area contributed by atoms with Crippen LogP contribution < -0.4 is 49.3 Å². The van der Waals surface area contributed by atoms with Gasteiger partial charge in [-0.2, -0.15) is 0 Å². The van der Waals surface area contributed by atoms with E-state index in [1.165, 1.54) is 6.07 Å². The number of methoxy groups -OCH3 is 1. The number of halogens is 1. The Bertz CT molecular complexity index is 4760. The van der Waals surface area contributed by atoms with E-state index in [2.05, 4.69) is 75.9 Å². The summed E-state index contributed by atoms with van der Waals surface area (Å²) in [5.41, 5.74) is 13.8. The third-order valence-electron chi connectivity index (χ3n) is 20.1. The van der Waals surface area contributed by atoms with E-state index in [0.717, 1.165) is 190 Å². The molecule has 3 fully saturated rings. The second-order valence-electron chi connectivity index (χ2n) is 26.8. The number of benzene rings is 9. The normalized spacial score (nSPS) is 16.0. The van der Waals surface area contributed by atoms with E-state index in [4.69, 9.17) is 23.7 Å². The SMILES string of the molecule is COc1ccc(C2(C(=O)Nc3cccc(-c4ccc(CNS(C)(=O)=O)cc4)c3)CCCCC2)cc1.Cc1ccc(NC(=O)C2(c3ccc4c(c3)CCO4)CC2)cc1-c1ccc(F)c(C(=O)O)c1.Cc1ccc(NC(=O)C2(c3ccc4c(c3)OCO4)CC2)cc1-c1ccc2c(c1)OCCN2C.[HH].[HH].[HH].[HH]. The van der Waals surface area contributed by atoms with Crippen LogP contribution in [-0.2, 0) is 53.6 Å². The van der Waals surface area contributed by atoms with Crippen LogP contribution in [-0.4, -0.2) is 84.2 Å². The van der Waals surface area contributed by atoms with E-state index in [0.29, 0.717) is 30.2 Å². The van der Waals surface area contributed by atoms with Gasteiger partial charge in [-0.3, -0.25) is 14.4 Å². The van der Waals surface area contributed by atoms with Crippen molar-refractivity contribution >= 4 is 56.5 Å². The Morgan fingerprint density at radius 1 is 0.550 bits per heavy atom. The van der Waals surface area contributed by atoms with Crippen LogP contribution in [0, 0.1) is 19.7 Å². The number of anilines is 4. The fourth-order valence-electron chi connectivity index (χ4n) is 13.9. The Labute approximate surface area is 588 Å². The lowest BCUT2D eigenvalue weighted by Crippen LogP contribution is -2.42. The summed E-state index contributed by atoms with van der Waals surface area (Å²) in [6.07, 6.45) is 10.1. The standard InChI is InChI=1S/C28H32N2O4S.C27H26N2O4.C26H22FNO4.4H2/c1-34-26-15-13-24(14-16-26)28(17-4-3-5-18-28)27(31)30-25-8-6-7-23(19-25)22-11-9-21(10-12-22)20-29-35(2,32)33;1-17-3-6-20(15-21(17)18-4-7-22-24(13-18)31-12-11-29(22)2)28-26(30)27(9-10-27)19-5-8-23-25(14-19)33-16-32-23;1-15-2-5-19(14-20(15)16-3-6-22(27)21(13-16)24(29)30)28-25(31)26(9-10-26)18-4-7-23-17(12-18)8-11-32-23;;;;/h6-16,19,29H,3-5,17-18,20H2,1-2H3,(H,30,31);3-8,13-15H,9-12,16H2,1-2H3,(H,28,30);2-7,12-14H,8-11H2,1H3,(H,28,31)(H,29,30);4*1H. The number of carbonyl (C=O) groups excluding carboxylic acids is 3. The molecular formula is C81H88FN5O12S. The van der Waals surface area contributed by atoms with Gasteiger partial charge in [-0.05, 0) is 216 Å². The van der Waals surface area contributed by atoms with Crippen LogP contribution in [0.5, 0.6) is 28.7 Å². The maximum Gasteiger partial charge on any atom is 0.338 e. The predicted molar refractivity (Wildman–Crippen MR) is 395 cm³/mol. The van der Waals surface area contributed by atoms with Gasteiger partial charge >= 0.3 is 5.97 Å². The van der Waals surface area contributed by atoms with Gasteiger partial charge in [0, 0.05) is 42.8 Å². The molecule has 3 aliphatic carbocycles. The van der Waals surface area contributed by atoms with E-state index >= 15 is 0 Å². The first kappa shape index (κ1) is 68.0. The van der Waals surface area contributed by atoms with Gasteiger partial charge in [-0.25, -0.2) is 22.3 Å². The lowest BCUT2D eigenvalue weighted by Gasteiger charge is -2.36. The number of ether oxygens (including phenoxy) is 5. The molecule has 0 unspecified atom stereocenters. The molecule has 3 saturated carbocycles. The number of hydrogen-bond donors (Lipinski definition) is 5. The summed E-state index contributed by atoms with van der Waals surface area (Å²) in [5, 5.41) is 18.6. The molecule has 9 aromatic rings. The van der Waals surface area contributed by atoms with Crippen molar-refractivity contribution in [3.05, 3.63) is 232 Å². The van der Waals surface area contributed by atoms with Crippen molar-refractivity contribution in [1.82, 2.24) is 4.72 Å². The van der Waals surface area contributed by atoms with Gasteiger partial charge in [0.25, 0.3) is 0 Å². The highest BCUT2D eigenvalue weighted by Crippen LogP contribution is 2.53. The number of carboxylic acid groups (broad SMARTS) is 1. The summed E-state index contributed by atoms with van der Waals surface area (Å²) in [7, 11) is 0.487. The first-order valence-electron chi connectivity index (χ1n) is 33.8. The van der Waals surface area contributed by atoms with Crippen molar-refractivity contribution in [2.24, 2.45) is 0 Å². The molecule has 6 aliphatic rings. The van der Waals surface area contributed by atoms with Gasteiger partial charge in [0.2, 0.25) is 34.5 Å². The molecule has 0 aromatic heterocycles. The smallest absolute Gasteiger partial charge is 0.338 e. The highest BCUT2D eigenvalue weighted by Gasteiger charge is 2.53. The number of aromatic carboxylic acids is 1. The zero-order valence-corrected chi connectivity index (χ0v) is 57.4. The summed E-state index contributed by atoms with van der Waals surface area (Å²) in [5.74, 6) is 1.92. The number of aryl methyl sites for hydroxylation is 2. The molecule has 522 valence electrons. The lowest BCUT2D eigenvalue weighted by atomic mass is 9.68. The number of nitrogens with zero attached hydrogens (tertiary/aromatic N) is 1. The molecule has 0 saturated heterocycles. The number of carboxylic acids is 1. The minimum atomic E-state index is -3.24. The number of hydrogen-bond acceptors (Lipinski definition) is 12. The van der Waals surface area contributed by atoms with Crippen molar-refractivity contribution < 1.29 is 66.5 Å². The minimum Gasteiger partial charge on any atom is -0.497 e. The first-order chi connectivity index (χ1) is 48.2. The van der Waals surface area contributed by atoms with Gasteiger partial charge < -0.3 is 49.6 Å². The van der Waals surface area contributed by atoms with E-state index in [-0.39, 0.29) is 42.3 Å². The fraction of sp³-hybridized carbons (Fsp3) is 0.284. The largest absolute Gasteiger partial charge is 0.497 e. The summed E-state index contributed by atoms with van der Waals surface area (Å²) in [4.78, 5) is 53.8. The Kier molecular flexibility index (Phi) is 19.3. The van der Waals surface area contributed by atoms with Crippen molar-refractivity contribution in [2.45, 2.75) is 101 Å². The number of amides is 3. The molecule has 5 N–H and O–H groups in total. The average Bonchev–Trinajstić information content (AvgIpc) is 1.55. The number of likely N-dealkylation sites (N-methyl/N-ethyl adjacent to an activating group) is 1. The topological polar surface area (TPSA) is 220 Å². The van der Waals surface area contributed by atoms with Crippen LogP contribution >= 0.6 is 0 Å². The van der Waals surface area contributed by atoms with E-state index in [1.807, 2.05) is 128 Å². The second kappa shape index (κ2) is 28.4. The van der Waals surface area contributed by atoms with Gasteiger partial charge in [0.15, 0.2) is 11.5 Å². The minimum absolute atomic E-state index is 0. The van der Waals surface area contributed by atoms with Crippen LogP contribution in [0.25, 0.3) is 33.4 Å². The molecule has 0 radical (unpaired) electrons. The zero-order chi connectivity index (χ0) is 69.9. The van der Waals surface area contributed by atoms with Crippen molar-refractivity contribution in [1.29, 1.82) is 0 Å². The Morgan fingerprint density at radius 2 is 1.11 bits per heavy atom. The van der Waals surface area contributed by atoms with Crippen LogP contribution in [0.15, 0.2) is 182 Å². The third-order valence-corrected chi connectivity index (χ3v) is 20.8. The molecule has 17 nitrogen and oxygen atoms in total. The molecule has 0 spiro atoms. The maximum atomic E-state index is 13.8. The second-order valence-corrected chi connectivity index (χ2v) is 28.6. The van der Waals surface area contributed by atoms with E-state index < -0.39 is 38.1 Å². The molecule has 15 rings (SSSR count). The summed E-state index contributed by atoms with van der Waals surface area (Å²) in [6, 6.07) is 57.1. The molecule has 19 heteroatoms. The Hall–Kier alpha value is -10.5. The molecule has 0 atom stereocenters. The maximum absolute atomic E-state index is 13.8. The number of nitrogens with one attached hydrogen (secondary N) is 4. The quantitative estimate of drug-likeness (QED) is 0.0573. The van der Waals surface area contributed by atoms with Crippen LogP contribution in [0.2, 0.25) is 0 Å². The van der Waals surface area contributed by atoms with E-state index in [9.17, 15) is 37.1 Å². The zero-order valence-electron chi connectivity index (χ0n) is 56.6. The van der Waals surface area contributed by atoms with Crippen molar-refractivity contribution in [2.75, 3.05) is 67.8 Å². The van der Waals surface area contributed by atoms with Crippen molar-refractivity contribution in [3.63, 3.8) is 0 Å². The highest BCUT2D eigenvalue weighted by molar-refractivity contribution is 7.88. The number of fused-ring (bicyclic) bond motifs is 3. The van der Waals surface area contributed by atoms with Gasteiger partial charge in [0.1, 0.15) is 29.7 Å². The molecule has 0 bridgehead atoms. The number of carbonyl (C=O) groups is 4. The molecule has 9 aromatic carbocycles. The summed E-state index contributed by atoms with van der Waals surface area (Å²) >= 11 is 0. The van der Waals surface area contributed by atoms with E-state index in [1.54, 1.807) is 19.2 Å². The molecular weight excluding hydrogens is 1290 g/mol. The van der Waals surface area contributed by atoms with Gasteiger partial charge in [-0.15, -0.1) is 0 Å². The Balaban J connectivity index is 0.000000178. The fourth-order valence-corrected chi connectivity index (χ4v) is 14.3. The molecule has 3 aliphatic heterocycles.